The van der Waals surface area contributed by atoms with Crippen LogP contribution in [0.25, 0.3) is 0 Å². The van der Waals surface area contributed by atoms with Gasteiger partial charge in [0.2, 0.25) is 5.95 Å². The number of hydrogen-bond acceptors (Lipinski definition) is 4. The molecule has 1 aromatic heterocycles. The molecular weight excluding hydrogens is 353 g/mol. The Kier molecular flexibility index (Phi) is 5.83. The first-order valence-electron chi connectivity index (χ1n) is 10.7. The van der Waals surface area contributed by atoms with Gasteiger partial charge in [0, 0.05) is 42.6 Å². The molecule has 28 heavy (non-hydrogen) atoms. The number of pyridine rings is 1. The number of ether oxygens (including phenoxy) is 1. The Morgan fingerprint density at radius 2 is 2.14 bits per heavy atom. The molecule has 0 radical (unpaired) electrons. The van der Waals surface area contributed by atoms with Crippen LogP contribution in [0.15, 0.2) is 36.2 Å². The van der Waals surface area contributed by atoms with Gasteiger partial charge < -0.3 is 15.4 Å². The molecule has 5 heteroatoms. The van der Waals surface area contributed by atoms with Crippen LogP contribution in [0, 0.1) is 18.3 Å². The Labute approximate surface area is 167 Å². The summed E-state index contributed by atoms with van der Waals surface area (Å²) in [6.45, 7) is 5.17. The van der Waals surface area contributed by atoms with Crippen molar-refractivity contribution >= 4 is 0 Å². The highest BCUT2D eigenvalue weighted by Gasteiger charge is 2.48. The molecule has 0 amide bonds. The molecule has 2 fully saturated rings. The van der Waals surface area contributed by atoms with E-state index in [1.807, 2.05) is 6.07 Å². The topological polar surface area (TPSA) is 46.2 Å². The van der Waals surface area contributed by atoms with Gasteiger partial charge in [0.25, 0.3) is 0 Å². The average Bonchev–Trinajstić information content (AvgIpc) is 3.16. The predicted octanol–water partition coefficient (Wildman–Crippen LogP) is 4.16. The summed E-state index contributed by atoms with van der Waals surface area (Å²) in [6, 6.07) is 1.88. The van der Waals surface area contributed by atoms with Crippen molar-refractivity contribution in [2.45, 2.75) is 64.0 Å². The van der Waals surface area contributed by atoms with Crippen LogP contribution in [-0.4, -0.2) is 30.3 Å². The van der Waals surface area contributed by atoms with E-state index in [1.165, 1.54) is 31.4 Å². The van der Waals surface area contributed by atoms with Crippen LogP contribution in [0.2, 0.25) is 0 Å². The van der Waals surface area contributed by atoms with Crippen LogP contribution in [0.4, 0.5) is 4.39 Å². The zero-order chi connectivity index (χ0) is 19.5. The molecular formula is C23H32FN3O. The van der Waals surface area contributed by atoms with E-state index in [2.05, 4.69) is 33.8 Å². The van der Waals surface area contributed by atoms with Crippen LogP contribution in [-0.2, 0) is 11.3 Å². The van der Waals surface area contributed by atoms with Crippen molar-refractivity contribution in [2.24, 2.45) is 5.41 Å². The SMILES string of the molecule is Cc1cc(CNCC[C@@]2(C3=CC=CCN3)CCOC3(CCCC3)C2)cnc1F. The third kappa shape index (κ3) is 4.15. The predicted molar refractivity (Wildman–Crippen MR) is 109 cm³/mol. The van der Waals surface area contributed by atoms with E-state index in [9.17, 15) is 4.39 Å². The van der Waals surface area contributed by atoms with Gasteiger partial charge in [0.15, 0.2) is 0 Å². The third-order valence-electron chi connectivity index (χ3n) is 6.73. The number of hydrogen-bond donors (Lipinski definition) is 2. The van der Waals surface area contributed by atoms with Crippen molar-refractivity contribution in [1.82, 2.24) is 15.6 Å². The number of aromatic nitrogens is 1. The number of rotatable bonds is 6. The van der Waals surface area contributed by atoms with Crippen LogP contribution < -0.4 is 10.6 Å². The fourth-order valence-corrected chi connectivity index (χ4v) is 5.24. The number of dihydropyridines is 1. The second-order valence-electron chi connectivity index (χ2n) is 8.71. The van der Waals surface area contributed by atoms with Crippen molar-refractivity contribution in [2.75, 3.05) is 19.7 Å². The van der Waals surface area contributed by atoms with Gasteiger partial charge in [-0.1, -0.05) is 25.0 Å². The summed E-state index contributed by atoms with van der Waals surface area (Å²) in [4.78, 5) is 3.83. The number of halogens is 1. The van der Waals surface area contributed by atoms with E-state index in [-0.39, 0.29) is 17.0 Å². The molecule has 4 nitrogen and oxygen atoms in total. The highest BCUT2D eigenvalue weighted by Crippen LogP contribution is 2.51. The van der Waals surface area contributed by atoms with E-state index in [0.717, 1.165) is 51.1 Å². The minimum Gasteiger partial charge on any atom is -0.384 e. The smallest absolute Gasteiger partial charge is 0.215 e. The third-order valence-corrected chi connectivity index (χ3v) is 6.73. The summed E-state index contributed by atoms with van der Waals surface area (Å²) in [7, 11) is 0. The minimum absolute atomic E-state index is 0.0833. The van der Waals surface area contributed by atoms with E-state index >= 15 is 0 Å². The van der Waals surface area contributed by atoms with Crippen molar-refractivity contribution in [3.63, 3.8) is 0 Å². The van der Waals surface area contributed by atoms with Gasteiger partial charge in [0.1, 0.15) is 0 Å². The lowest BCUT2D eigenvalue weighted by Gasteiger charge is -2.48. The molecule has 1 aromatic rings. The molecule has 2 N–H and O–H groups in total. The lowest BCUT2D eigenvalue weighted by atomic mass is 9.67. The second kappa shape index (κ2) is 8.34. The number of aryl methyl sites for hydroxylation is 1. The molecule has 0 bridgehead atoms. The van der Waals surface area contributed by atoms with Gasteiger partial charge in [0.05, 0.1) is 5.60 Å². The average molecular weight is 386 g/mol. The number of nitrogens with one attached hydrogen (secondary N) is 2. The number of allylic oxidation sites excluding steroid dienone is 3. The first kappa shape index (κ1) is 19.6. The molecule has 1 saturated heterocycles. The summed E-state index contributed by atoms with van der Waals surface area (Å²) in [5, 5.41) is 7.21. The van der Waals surface area contributed by atoms with Crippen molar-refractivity contribution in [3.05, 3.63) is 53.3 Å². The lowest BCUT2D eigenvalue weighted by molar-refractivity contribution is -0.116. The first-order chi connectivity index (χ1) is 13.6. The standard InChI is InChI=1S/C23H32FN3O/c1-18-14-19(16-27-21(18)24)15-25-12-9-22(20-6-2-5-11-26-20)10-13-28-23(17-22)7-3-4-8-23/h2,5-6,14,16,25-26H,3-4,7-13,15,17H2,1H3/t22-/m1/s1. The van der Waals surface area contributed by atoms with Crippen molar-refractivity contribution in [3.8, 4) is 0 Å². The van der Waals surface area contributed by atoms with Crippen molar-refractivity contribution in [1.29, 1.82) is 0 Å². The molecule has 1 atom stereocenters. The molecule has 1 spiro atoms. The van der Waals surface area contributed by atoms with Crippen LogP contribution in [0.5, 0.6) is 0 Å². The van der Waals surface area contributed by atoms with E-state index < -0.39 is 0 Å². The first-order valence-corrected chi connectivity index (χ1v) is 10.7. The summed E-state index contributed by atoms with van der Waals surface area (Å²) >= 11 is 0. The molecule has 0 unspecified atom stereocenters. The van der Waals surface area contributed by atoms with E-state index in [1.54, 1.807) is 13.1 Å². The van der Waals surface area contributed by atoms with Gasteiger partial charge in [-0.25, -0.2) is 4.98 Å². The minimum atomic E-state index is -0.380. The zero-order valence-corrected chi connectivity index (χ0v) is 16.9. The van der Waals surface area contributed by atoms with Crippen LogP contribution in [0.3, 0.4) is 0 Å². The van der Waals surface area contributed by atoms with Gasteiger partial charge in [-0.3, -0.25) is 0 Å². The van der Waals surface area contributed by atoms with Crippen LogP contribution >= 0.6 is 0 Å². The zero-order valence-electron chi connectivity index (χ0n) is 16.9. The largest absolute Gasteiger partial charge is 0.384 e. The lowest BCUT2D eigenvalue weighted by Crippen LogP contribution is -2.48. The Morgan fingerprint density at radius 3 is 2.89 bits per heavy atom. The van der Waals surface area contributed by atoms with Crippen molar-refractivity contribution < 1.29 is 9.13 Å². The Morgan fingerprint density at radius 1 is 1.29 bits per heavy atom. The Balaban J connectivity index is 1.43. The van der Waals surface area contributed by atoms with E-state index in [4.69, 9.17) is 4.74 Å². The number of nitrogens with zero attached hydrogens (tertiary/aromatic N) is 1. The molecule has 3 heterocycles. The van der Waals surface area contributed by atoms with Gasteiger partial charge in [-0.15, -0.1) is 0 Å². The monoisotopic (exact) mass is 385 g/mol. The maximum Gasteiger partial charge on any atom is 0.215 e. The maximum absolute atomic E-state index is 13.4. The van der Waals surface area contributed by atoms with Gasteiger partial charge in [-0.2, -0.15) is 4.39 Å². The molecule has 4 rings (SSSR count). The summed E-state index contributed by atoms with van der Waals surface area (Å²) in [6.07, 6.45) is 16.5. The molecule has 0 aromatic carbocycles. The fraction of sp³-hybridized carbons (Fsp3) is 0.609. The van der Waals surface area contributed by atoms with E-state index in [0.29, 0.717) is 5.56 Å². The maximum atomic E-state index is 13.4. The Bertz CT molecular complexity index is 754. The molecule has 152 valence electrons. The Hall–Kier alpha value is -1.72. The highest BCUT2D eigenvalue weighted by molar-refractivity contribution is 5.25. The summed E-state index contributed by atoms with van der Waals surface area (Å²) in [5.41, 5.74) is 3.25. The molecule has 2 aliphatic heterocycles. The highest BCUT2D eigenvalue weighted by atomic mass is 19.1. The molecule has 3 aliphatic rings. The molecule has 1 aliphatic carbocycles. The normalized spacial score (nSPS) is 26.3. The fourth-order valence-electron chi connectivity index (χ4n) is 5.24. The summed E-state index contributed by atoms with van der Waals surface area (Å²) in [5.74, 6) is -0.380. The van der Waals surface area contributed by atoms with Gasteiger partial charge >= 0.3 is 0 Å². The quantitative estimate of drug-likeness (QED) is 0.570. The second-order valence-corrected chi connectivity index (χ2v) is 8.71. The summed E-state index contributed by atoms with van der Waals surface area (Å²) < 4.78 is 19.7. The van der Waals surface area contributed by atoms with Gasteiger partial charge in [-0.05, 0) is 63.3 Å². The molecule has 1 saturated carbocycles. The van der Waals surface area contributed by atoms with Crippen LogP contribution in [0.1, 0.15) is 56.1 Å².